The van der Waals surface area contributed by atoms with Gasteiger partial charge in [0.15, 0.2) is 17.5 Å². The van der Waals surface area contributed by atoms with E-state index in [0.717, 1.165) is 23.0 Å². The van der Waals surface area contributed by atoms with Crippen LogP contribution in [0.4, 0.5) is 0 Å². The Morgan fingerprint density at radius 1 is 1.27 bits per heavy atom. The molecule has 0 spiro atoms. The van der Waals surface area contributed by atoms with Gasteiger partial charge in [-0.25, -0.2) is 0 Å². The van der Waals surface area contributed by atoms with Crippen molar-refractivity contribution in [2.24, 2.45) is 4.99 Å². The molecule has 5 heteroatoms. The van der Waals surface area contributed by atoms with E-state index in [2.05, 4.69) is 15.6 Å². The minimum atomic E-state index is 0.557. The first-order chi connectivity index (χ1) is 10.8. The van der Waals surface area contributed by atoms with Crippen molar-refractivity contribution in [1.82, 2.24) is 10.6 Å². The zero-order chi connectivity index (χ0) is 15.8. The van der Waals surface area contributed by atoms with Gasteiger partial charge >= 0.3 is 0 Å². The molecule has 2 N–H and O–H groups in total. The second kappa shape index (κ2) is 8.51. The molecular formula is C17H27N3O2. The molecule has 122 valence electrons. The van der Waals surface area contributed by atoms with Gasteiger partial charge in [0, 0.05) is 19.6 Å². The molecular weight excluding hydrogens is 278 g/mol. The fourth-order valence-corrected chi connectivity index (χ4v) is 2.74. The molecule has 0 saturated heterocycles. The number of methoxy groups -OCH3 is 1. The predicted molar refractivity (Wildman–Crippen MR) is 89.8 cm³/mol. The molecule has 0 unspecified atom stereocenters. The van der Waals surface area contributed by atoms with Crippen molar-refractivity contribution in [3.8, 4) is 11.5 Å². The summed E-state index contributed by atoms with van der Waals surface area (Å²) in [7, 11) is 3.47. The third kappa shape index (κ3) is 4.55. The summed E-state index contributed by atoms with van der Waals surface area (Å²) in [6, 6.07) is 6.55. The number of hydrogen-bond donors (Lipinski definition) is 2. The number of aliphatic imine (C=N–C) groups is 1. The molecule has 2 rings (SSSR count). The third-order valence-corrected chi connectivity index (χ3v) is 3.91. The van der Waals surface area contributed by atoms with E-state index in [1.54, 1.807) is 7.11 Å². The Labute approximate surface area is 133 Å². The molecule has 0 atom stereocenters. The quantitative estimate of drug-likeness (QED) is 0.627. The number of benzene rings is 1. The van der Waals surface area contributed by atoms with E-state index in [1.807, 2.05) is 32.2 Å². The van der Waals surface area contributed by atoms with E-state index in [4.69, 9.17) is 9.47 Å². The van der Waals surface area contributed by atoms with Crippen molar-refractivity contribution in [1.29, 1.82) is 0 Å². The Kier molecular flexibility index (Phi) is 6.37. The number of guanidine groups is 1. The lowest BCUT2D eigenvalue weighted by Gasteiger charge is -2.17. The number of nitrogens with one attached hydrogen (secondary N) is 2. The maximum Gasteiger partial charge on any atom is 0.191 e. The lowest BCUT2D eigenvalue weighted by Crippen LogP contribution is -2.41. The van der Waals surface area contributed by atoms with Crippen LogP contribution in [0.2, 0.25) is 0 Å². The van der Waals surface area contributed by atoms with E-state index in [0.29, 0.717) is 19.2 Å². The number of ether oxygens (including phenoxy) is 2. The van der Waals surface area contributed by atoms with Crippen LogP contribution in [-0.2, 0) is 6.54 Å². The molecule has 1 fully saturated rings. The van der Waals surface area contributed by atoms with Gasteiger partial charge in [-0.3, -0.25) is 4.99 Å². The minimum Gasteiger partial charge on any atom is -0.493 e. The molecule has 1 aromatic carbocycles. The molecule has 0 amide bonds. The van der Waals surface area contributed by atoms with Gasteiger partial charge in [0.2, 0.25) is 0 Å². The SMILES string of the molecule is CCOc1cc(CNC(=NC)NC2CCCC2)ccc1OC. The van der Waals surface area contributed by atoms with Gasteiger partial charge in [0.25, 0.3) is 0 Å². The number of rotatable bonds is 6. The molecule has 1 aliphatic carbocycles. The second-order valence-corrected chi connectivity index (χ2v) is 5.47. The van der Waals surface area contributed by atoms with E-state index in [9.17, 15) is 0 Å². The fourth-order valence-electron chi connectivity index (χ4n) is 2.74. The Balaban J connectivity index is 1.93. The van der Waals surface area contributed by atoms with Gasteiger partial charge in [-0.2, -0.15) is 0 Å². The third-order valence-electron chi connectivity index (χ3n) is 3.91. The van der Waals surface area contributed by atoms with Gasteiger partial charge in [0.05, 0.1) is 13.7 Å². The summed E-state index contributed by atoms with van der Waals surface area (Å²) < 4.78 is 10.9. The summed E-state index contributed by atoms with van der Waals surface area (Å²) in [5.41, 5.74) is 1.14. The fraction of sp³-hybridized carbons (Fsp3) is 0.588. The highest BCUT2D eigenvalue weighted by Crippen LogP contribution is 2.28. The molecule has 0 radical (unpaired) electrons. The van der Waals surface area contributed by atoms with Crippen molar-refractivity contribution >= 4 is 5.96 Å². The Morgan fingerprint density at radius 3 is 2.68 bits per heavy atom. The first kappa shape index (κ1) is 16.5. The van der Waals surface area contributed by atoms with Gasteiger partial charge in [-0.05, 0) is 37.5 Å². The molecule has 0 bridgehead atoms. The van der Waals surface area contributed by atoms with Crippen LogP contribution in [0.15, 0.2) is 23.2 Å². The van der Waals surface area contributed by atoms with Crippen LogP contribution in [0.3, 0.4) is 0 Å². The zero-order valence-corrected chi connectivity index (χ0v) is 13.8. The molecule has 1 aromatic rings. The highest BCUT2D eigenvalue weighted by Gasteiger charge is 2.15. The lowest BCUT2D eigenvalue weighted by atomic mass is 10.2. The molecule has 22 heavy (non-hydrogen) atoms. The van der Waals surface area contributed by atoms with Crippen molar-refractivity contribution in [3.63, 3.8) is 0 Å². The predicted octanol–water partition coefficient (Wildman–Crippen LogP) is 2.70. The highest BCUT2D eigenvalue weighted by atomic mass is 16.5. The van der Waals surface area contributed by atoms with Gasteiger partial charge in [0.1, 0.15) is 0 Å². The summed E-state index contributed by atoms with van der Waals surface area (Å²) >= 11 is 0. The molecule has 1 saturated carbocycles. The van der Waals surface area contributed by atoms with Crippen LogP contribution >= 0.6 is 0 Å². The van der Waals surface area contributed by atoms with Crippen molar-refractivity contribution < 1.29 is 9.47 Å². The Morgan fingerprint density at radius 2 is 2.05 bits per heavy atom. The van der Waals surface area contributed by atoms with Crippen molar-refractivity contribution in [3.05, 3.63) is 23.8 Å². The maximum absolute atomic E-state index is 5.61. The minimum absolute atomic E-state index is 0.557. The smallest absolute Gasteiger partial charge is 0.191 e. The van der Waals surface area contributed by atoms with Crippen LogP contribution in [0.5, 0.6) is 11.5 Å². The second-order valence-electron chi connectivity index (χ2n) is 5.47. The average molecular weight is 305 g/mol. The molecule has 0 aromatic heterocycles. The lowest BCUT2D eigenvalue weighted by molar-refractivity contribution is 0.310. The monoisotopic (exact) mass is 305 g/mol. The van der Waals surface area contributed by atoms with Gasteiger partial charge in [-0.15, -0.1) is 0 Å². The normalized spacial score (nSPS) is 15.7. The van der Waals surface area contributed by atoms with Crippen molar-refractivity contribution in [2.45, 2.75) is 45.2 Å². The largest absolute Gasteiger partial charge is 0.493 e. The standard InChI is InChI=1S/C17H27N3O2/c1-4-22-16-11-13(9-10-15(16)21-3)12-19-17(18-2)20-14-7-5-6-8-14/h9-11,14H,4-8,12H2,1-3H3,(H2,18,19,20). The first-order valence-corrected chi connectivity index (χ1v) is 8.03. The summed E-state index contributed by atoms with van der Waals surface area (Å²) in [6.45, 7) is 3.30. The van der Waals surface area contributed by atoms with Gasteiger partial charge in [-0.1, -0.05) is 18.9 Å². The first-order valence-electron chi connectivity index (χ1n) is 8.03. The summed E-state index contributed by atoms with van der Waals surface area (Å²) in [5.74, 6) is 2.41. The Bertz CT molecular complexity index is 497. The number of nitrogens with zero attached hydrogens (tertiary/aromatic N) is 1. The summed E-state index contributed by atoms with van der Waals surface area (Å²) in [6.07, 6.45) is 5.09. The topological polar surface area (TPSA) is 54.9 Å². The maximum atomic E-state index is 5.61. The highest BCUT2D eigenvalue weighted by molar-refractivity contribution is 5.80. The molecule has 0 heterocycles. The van der Waals surface area contributed by atoms with Crippen LogP contribution in [0, 0.1) is 0 Å². The molecule has 1 aliphatic rings. The molecule has 0 aliphatic heterocycles. The summed E-state index contributed by atoms with van der Waals surface area (Å²) in [4.78, 5) is 4.30. The average Bonchev–Trinajstić information content (AvgIpc) is 3.05. The van der Waals surface area contributed by atoms with Crippen molar-refractivity contribution in [2.75, 3.05) is 20.8 Å². The van der Waals surface area contributed by atoms with Crippen LogP contribution in [0.25, 0.3) is 0 Å². The van der Waals surface area contributed by atoms with E-state index in [-0.39, 0.29) is 0 Å². The zero-order valence-electron chi connectivity index (χ0n) is 13.8. The van der Waals surface area contributed by atoms with Gasteiger partial charge < -0.3 is 20.1 Å². The number of hydrogen-bond acceptors (Lipinski definition) is 3. The van der Waals surface area contributed by atoms with E-state index >= 15 is 0 Å². The van der Waals surface area contributed by atoms with Crippen LogP contribution in [-0.4, -0.2) is 32.8 Å². The van der Waals surface area contributed by atoms with E-state index in [1.165, 1.54) is 25.7 Å². The van der Waals surface area contributed by atoms with Crippen LogP contribution in [0.1, 0.15) is 38.2 Å². The van der Waals surface area contributed by atoms with Crippen LogP contribution < -0.4 is 20.1 Å². The molecule has 5 nitrogen and oxygen atoms in total. The Hall–Kier alpha value is -1.91. The summed E-state index contributed by atoms with van der Waals surface area (Å²) in [5, 5.41) is 6.84. The van der Waals surface area contributed by atoms with E-state index < -0.39 is 0 Å².